The second-order valence-corrected chi connectivity index (χ2v) is 10.1. The molecule has 4 aromatic carbocycles. The highest BCUT2D eigenvalue weighted by Gasteiger charge is 2.72. The lowest BCUT2D eigenvalue weighted by atomic mass is 9.72. The van der Waals surface area contributed by atoms with E-state index in [0.29, 0.717) is 47.4 Å². The van der Waals surface area contributed by atoms with Crippen molar-refractivity contribution in [1.82, 2.24) is 0 Å². The van der Waals surface area contributed by atoms with E-state index in [4.69, 9.17) is 4.74 Å². The number of phenolic OH excluding ortho intramolecular Hbond substituents is 2. The molecule has 0 radical (unpaired) electrons. The van der Waals surface area contributed by atoms with Crippen LogP contribution in [-0.2, 0) is 18.3 Å². The molecule has 0 saturated carbocycles. The van der Waals surface area contributed by atoms with Crippen LogP contribution >= 0.6 is 0 Å². The lowest BCUT2D eigenvalue weighted by molar-refractivity contribution is -0.288. The summed E-state index contributed by atoms with van der Waals surface area (Å²) in [6.07, 6.45) is -12.5. The largest absolute Gasteiger partial charge is 0.508 e. The Morgan fingerprint density at radius 3 is 1.52 bits per heavy atom. The maximum atomic E-state index is 14.6. The number of aryl methyl sites for hydroxylation is 1. The molecule has 0 aliphatic rings. The fourth-order valence-corrected chi connectivity index (χ4v) is 4.92. The summed E-state index contributed by atoms with van der Waals surface area (Å²) in [7, 11) is 0. The smallest absolute Gasteiger partial charge is 0.411 e. The third kappa shape index (κ3) is 6.13. The van der Waals surface area contributed by atoms with E-state index in [-0.39, 0.29) is 23.3 Å². The van der Waals surface area contributed by atoms with Crippen molar-refractivity contribution in [3.63, 3.8) is 0 Å². The van der Waals surface area contributed by atoms with Crippen molar-refractivity contribution in [2.75, 3.05) is 0 Å². The summed E-state index contributed by atoms with van der Waals surface area (Å²) in [6, 6.07) is 15.7. The second kappa shape index (κ2) is 12.1. The standard InChI is InChI=1S/C33H26F6O5/c1-3-20-16-24(8-14-28(20)41)31(32(34,35)36,33(37,38)39)25-9-15-29(42)23(17-25)18-30(43)22-6-12-27(13-7-22)44-26-10-4-21(5-11-26)19(2)40/h4-17,41-42H,3,18H2,1-2H3. The highest BCUT2D eigenvalue weighted by atomic mass is 19.4. The first-order chi connectivity index (χ1) is 20.6. The first-order valence-electron chi connectivity index (χ1n) is 13.3. The zero-order valence-electron chi connectivity index (χ0n) is 23.4. The van der Waals surface area contributed by atoms with Gasteiger partial charge in [-0.05, 0) is 90.7 Å². The number of hydrogen-bond donors (Lipinski definition) is 2. The Kier molecular flexibility index (Phi) is 8.81. The Labute approximate surface area is 248 Å². The molecule has 0 aromatic heterocycles. The molecule has 4 rings (SSSR count). The normalized spacial score (nSPS) is 12.2. The fraction of sp³-hybridized carbons (Fsp3) is 0.212. The van der Waals surface area contributed by atoms with Gasteiger partial charge >= 0.3 is 12.4 Å². The van der Waals surface area contributed by atoms with Crippen molar-refractivity contribution >= 4 is 11.6 Å². The Balaban J connectivity index is 1.67. The van der Waals surface area contributed by atoms with Crippen molar-refractivity contribution < 1.29 is 50.9 Å². The molecule has 0 saturated heterocycles. The number of carbonyl (C=O) groups is 2. The first-order valence-corrected chi connectivity index (χ1v) is 13.3. The van der Waals surface area contributed by atoms with Crippen molar-refractivity contribution in [3.05, 3.63) is 118 Å². The molecule has 0 spiro atoms. The van der Waals surface area contributed by atoms with Crippen LogP contribution in [0.5, 0.6) is 23.0 Å². The van der Waals surface area contributed by atoms with Gasteiger partial charge in [-0.3, -0.25) is 9.59 Å². The van der Waals surface area contributed by atoms with Gasteiger partial charge in [0.15, 0.2) is 11.6 Å². The van der Waals surface area contributed by atoms with Crippen LogP contribution in [-0.4, -0.2) is 34.1 Å². The van der Waals surface area contributed by atoms with Crippen molar-refractivity contribution in [3.8, 4) is 23.0 Å². The average molecular weight is 617 g/mol. The number of aromatic hydroxyl groups is 2. The number of phenols is 2. The third-order valence-electron chi connectivity index (χ3n) is 7.28. The minimum absolute atomic E-state index is 0.0310. The van der Waals surface area contributed by atoms with Gasteiger partial charge < -0.3 is 14.9 Å². The molecular formula is C33H26F6O5. The molecule has 0 bridgehead atoms. The fourth-order valence-electron chi connectivity index (χ4n) is 4.92. The molecule has 44 heavy (non-hydrogen) atoms. The predicted octanol–water partition coefficient (Wildman–Crippen LogP) is 8.49. The second-order valence-electron chi connectivity index (χ2n) is 10.1. The van der Waals surface area contributed by atoms with E-state index in [1.807, 2.05) is 0 Å². The number of hydrogen-bond acceptors (Lipinski definition) is 5. The van der Waals surface area contributed by atoms with E-state index < -0.39 is 58.2 Å². The molecule has 0 unspecified atom stereocenters. The average Bonchev–Trinajstić information content (AvgIpc) is 2.95. The lowest BCUT2D eigenvalue weighted by Crippen LogP contribution is -2.54. The summed E-state index contributed by atoms with van der Waals surface area (Å²) >= 11 is 0. The van der Waals surface area contributed by atoms with E-state index in [2.05, 4.69) is 0 Å². The highest BCUT2D eigenvalue weighted by Crippen LogP contribution is 2.57. The monoisotopic (exact) mass is 616 g/mol. The third-order valence-corrected chi connectivity index (χ3v) is 7.28. The van der Waals surface area contributed by atoms with E-state index in [1.165, 1.54) is 38.1 Å². The molecule has 0 amide bonds. The topological polar surface area (TPSA) is 83.8 Å². The van der Waals surface area contributed by atoms with Gasteiger partial charge in [-0.15, -0.1) is 0 Å². The molecule has 0 heterocycles. The number of alkyl halides is 6. The Morgan fingerprint density at radius 1 is 0.659 bits per heavy atom. The van der Waals surface area contributed by atoms with Crippen LogP contribution in [0.4, 0.5) is 26.3 Å². The van der Waals surface area contributed by atoms with Gasteiger partial charge in [0, 0.05) is 23.1 Å². The summed E-state index contributed by atoms with van der Waals surface area (Å²) in [5, 5.41) is 20.3. The minimum Gasteiger partial charge on any atom is -0.508 e. The molecule has 2 N–H and O–H groups in total. The maximum Gasteiger partial charge on any atom is 0.411 e. The van der Waals surface area contributed by atoms with Crippen LogP contribution in [0.25, 0.3) is 0 Å². The molecule has 4 aromatic rings. The molecule has 5 nitrogen and oxygen atoms in total. The van der Waals surface area contributed by atoms with Gasteiger partial charge in [0.05, 0.1) is 0 Å². The number of benzene rings is 4. The van der Waals surface area contributed by atoms with Gasteiger partial charge in [-0.1, -0.05) is 31.2 Å². The number of Topliss-reactive ketones (excluding diaryl/α,β-unsaturated/α-hetero) is 2. The zero-order chi connectivity index (χ0) is 32.4. The molecule has 0 aliphatic heterocycles. The lowest BCUT2D eigenvalue weighted by Gasteiger charge is -2.38. The zero-order valence-corrected chi connectivity index (χ0v) is 23.4. The van der Waals surface area contributed by atoms with E-state index in [1.54, 1.807) is 24.3 Å². The number of rotatable bonds is 9. The van der Waals surface area contributed by atoms with Gasteiger partial charge in [0.1, 0.15) is 23.0 Å². The van der Waals surface area contributed by atoms with Crippen molar-refractivity contribution in [2.45, 2.75) is 44.5 Å². The maximum absolute atomic E-state index is 14.6. The van der Waals surface area contributed by atoms with Gasteiger partial charge in [0.25, 0.3) is 0 Å². The Bertz CT molecular complexity index is 1660. The summed E-state index contributed by atoms with van der Waals surface area (Å²) in [5.41, 5.74) is -6.93. The SMILES string of the molecule is CCc1cc(C(c2ccc(O)c(CC(=O)c3ccc(Oc4ccc(C(C)=O)cc4)cc3)c2)(C(F)(F)F)C(F)(F)F)ccc1O. The molecule has 0 fully saturated rings. The van der Waals surface area contributed by atoms with Crippen LogP contribution in [0.15, 0.2) is 84.9 Å². The van der Waals surface area contributed by atoms with Crippen LogP contribution in [0.1, 0.15) is 56.8 Å². The molecule has 11 heteroatoms. The Hall–Kier alpha value is -4.80. The summed E-state index contributed by atoms with van der Waals surface area (Å²) < 4.78 is 93.6. The van der Waals surface area contributed by atoms with Crippen LogP contribution in [0.2, 0.25) is 0 Å². The van der Waals surface area contributed by atoms with Crippen LogP contribution in [0.3, 0.4) is 0 Å². The van der Waals surface area contributed by atoms with Crippen LogP contribution < -0.4 is 4.74 Å². The Morgan fingerprint density at radius 2 is 1.09 bits per heavy atom. The summed E-state index contributed by atoms with van der Waals surface area (Å²) in [4.78, 5) is 24.5. The number of ketones is 2. The molecule has 0 aliphatic carbocycles. The molecule has 230 valence electrons. The van der Waals surface area contributed by atoms with E-state index in [9.17, 15) is 46.1 Å². The van der Waals surface area contributed by atoms with E-state index in [0.717, 1.165) is 6.07 Å². The van der Waals surface area contributed by atoms with Gasteiger partial charge in [-0.25, -0.2) is 0 Å². The summed E-state index contributed by atoms with van der Waals surface area (Å²) in [6.45, 7) is 2.89. The summed E-state index contributed by atoms with van der Waals surface area (Å²) in [5.74, 6) is -1.18. The molecular weight excluding hydrogens is 590 g/mol. The number of ether oxygens (including phenoxy) is 1. The van der Waals surface area contributed by atoms with Crippen molar-refractivity contribution in [1.29, 1.82) is 0 Å². The van der Waals surface area contributed by atoms with Crippen molar-refractivity contribution in [2.24, 2.45) is 0 Å². The quantitative estimate of drug-likeness (QED) is 0.146. The first kappa shape index (κ1) is 32.1. The van der Waals surface area contributed by atoms with Gasteiger partial charge in [0.2, 0.25) is 5.41 Å². The van der Waals surface area contributed by atoms with Gasteiger partial charge in [-0.2, -0.15) is 26.3 Å². The van der Waals surface area contributed by atoms with E-state index >= 15 is 0 Å². The van der Waals surface area contributed by atoms with Crippen LogP contribution in [0, 0.1) is 0 Å². The minimum atomic E-state index is -5.90. The number of halogens is 6. The predicted molar refractivity (Wildman–Crippen MR) is 149 cm³/mol. The molecule has 0 atom stereocenters. The highest BCUT2D eigenvalue weighted by molar-refractivity contribution is 5.98. The number of carbonyl (C=O) groups excluding carboxylic acids is 2.